The Morgan fingerprint density at radius 2 is 1.82 bits per heavy atom. The number of alkyl halides is 3. The largest absolute Gasteiger partial charge is 0.508 e. The first-order chi connectivity index (χ1) is 7.71. The number of phenolic OH excluding ortho intramolecular Hbond substituents is 2. The van der Waals surface area contributed by atoms with Gasteiger partial charge < -0.3 is 21.1 Å². The molecule has 0 aliphatic heterocycles. The molecule has 0 bridgehead atoms. The van der Waals surface area contributed by atoms with Crippen molar-refractivity contribution in [2.45, 2.75) is 24.7 Å². The highest BCUT2D eigenvalue weighted by Gasteiger charge is 2.38. The Kier molecular flexibility index (Phi) is 3.84. The van der Waals surface area contributed by atoms with Gasteiger partial charge in [-0.1, -0.05) is 0 Å². The van der Waals surface area contributed by atoms with Crippen LogP contribution in [0.15, 0.2) is 18.2 Å². The van der Waals surface area contributed by atoms with E-state index in [1.54, 1.807) is 0 Å². The zero-order valence-corrected chi connectivity index (χ0v) is 8.65. The number of hydrogen-bond donors (Lipinski definition) is 4. The summed E-state index contributed by atoms with van der Waals surface area (Å²) in [5.41, 5.74) is 4.74. The van der Waals surface area contributed by atoms with E-state index in [0.717, 1.165) is 18.2 Å². The number of halogens is 3. The molecule has 96 valence electrons. The molecular formula is C10H12F3NO3. The number of aliphatic hydroxyl groups is 1. The van der Waals surface area contributed by atoms with E-state index < -0.39 is 30.5 Å². The minimum Gasteiger partial charge on any atom is -0.508 e. The number of nitrogens with two attached hydrogens (primary N) is 1. The molecule has 0 amide bonds. The van der Waals surface area contributed by atoms with Gasteiger partial charge in [0.1, 0.15) is 17.5 Å². The number of phenols is 2. The lowest BCUT2D eigenvalue weighted by Gasteiger charge is -2.19. The molecule has 4 nitrogen and oxygen atoms in total. The van der Waals surface area contributed by atoms with E-state index in [9.17, 15) is 23.4 Å². The van der Waals surface area contributed by atoms with E-state index in [1.165, 1.54) is 0 Å². The van der Waals surface area contributed by atoms with Crippen LogP contribution >= 0.6 is 0 Å². The smallest absolute Gasteiger partial charge is 0.403 e. The molecule has 1 rings (SSSR count). The van der Waals surface area contributed by atoms with Crippen molar-refractivity contribution >= 4 is 0 Å². The highest BCUT2D eigenvalue weighted by molar-refractivity contribution is 5.40. The third-order valence-corrected chi connectivity index (χ3v) is 2.27. The van der Waals surface area contributed by atoms with Gasteiger partial charge in [0.2, 0.25) is 0 Å². The van der Waals surface area contributed by atoms with Crippen LogP contribution in [0.5, 0.6) is 11.5 Å². The first kappa shape index (κ1) is 13.6. The van der Waals surface area contributed by atoms with Crippen molar-refractivity contribution in [3.8, 4) is 11.5 Å². The molecular weight excluding hydrogens is 239 g/mol. The molecule has 0 spiro atoms. The van der Waals surface area contributed by atoms with Crippen molar-refractivity contribution in [1.29, 1.82) is 0 Å². The maximum absolute atomic E-state index is 12.2. The summed E-state index contributed by atoms with van der Waals surface area (Å²) < 4.78 is 36.5. The molecule has 0 aromatic heterocycles. The SMILES string of the molecule is N[C@@H](C[C@@H](O)c1ccc(O)cc1O)C(F)(F)F. The number of hydrogen-bond acceptors (Lipinski definition) is 4. The molecule has 5 N–H and O–H groups in total. The first-order valence-electron chi connectivity index (χ1n) is 4.74. The van der Waals surface area contributed by atoms with Crippen LogP contribution in [-0.4, -0.2) is 27.5 Å². The van der Waals surface area contributed by atoms with E-state index in [4.69, 9.17) is 10.8 Å². The molecule has 1 aromatic rings. The van der Waals surface area contributed by atoms with Crippen molar-refractivity contribution < 1.29 is 28.5 Å². The van der Waals surface area contributed by atoms with Gasteiger partial charge in [0.05, 0.1) is 6.10 Å². The molecule has 2 atom stereocenters. The molecule has 0 heterocycles. The molecule has 7 heteroatoms. The third kappa shape index (κ3) is 3.50. The van der Waals surface area contributed by atoms with Crippen LogP contribution in [0.25, 0.3) is 0 Å². The lowest BCUT2D eigenvalue weighted by molar-refractivity contribution is -0.153. The van der Waals surface area contributed by atoms with Gasteiger partial charge in [0, 0.05) is 18.1 Å². The fourth-order valence-electron chi connectivity index (χ4n) is 1.31. The Labute approximate surface area is 95.1 Å². The summed E-state index contributed by atoms with van der Waals surface area (Å²) in [6.07, 6.45) is -6.91. The van der Waals surface area contributed by atoms with Crippen LogP contribution in [0.2, 0.25) is 0 Å². The van der Waals surface area contributed by atoms with Crippen LogP contribution in [0.4, 0.5) is 13.2 Å². The molecule has 0 saturated heterocycles. The summed E-state index contributed by atoms with van der Waals surface area (Å²) in [4.78, 5) is 0. The lowest BCUT2D eigenvalue weighted by Crippen LogP contribution is -2.38. The van der Waals surface area contributed by atoms with Crippen LogP contribution in [0.3, 0.4) is 0 Å². The van der Waals surface area contributed by atoms with E-state index in [1.807, 2.05) is 0 Å². The second-order valence-electron chi connectivity index (χ2n) is 3.64. The average molecular weight is 251 g/mol. The van der Waals surface area contributed by atoms with Crippen LogP contribution in [0, 0.1) is 0 Å². The predicted molar refractivity (Wildman–Crippen MR) is 53.4 cm³/mol. The number of benzene rings is 1. The third-order valence-electron chi connectivity index (χ3n) is 2.27. The lowest BCUT2D eigenvalue weighted by atomic mass is 10.0. The van der Waals surface area contributed by atoms with E-state index in [0.29, 0.717) is 0 Å². The molecule has 0 fully saturated rings. The first-order valence-corrected chi connectivity index (χ1v) is 4.74. The summed E-state index contributed by atoms with van der Waals surface area (Å²) in [6.45, 7) is 0. The average Bonchev–Trinajstić information content (AvgIpc) is 2.15. The number of aromatic hydroxyl groups is 2. The fourth-order valence-corrected chi connectivity index (χ4v) is 1.31. The highest BCUT2D eigenvalue weighted by atomic mass is 19.4. The summed E-state index contributed by atoms with van der Waals surface area (Å²) >= 11 is 0. The Hall–Kier alpha value is -1.47. The van der Waals surface area contributed by atoms with Gasteiger partial charge in [0.15, 0.2) is 0 Å². The second-order valence-corrected chi connectivity index (χ2v) is 3.64. The maximum Gasteiger partial charge on any atom is 0.403 e. The number of aliphatic hydroxyl groups excluding tert-OH is 1. The fraction of sp³-hybridized carbons (Fsp3) is 0.400. The molecule has 0 radical (unpaired) electrons. The summed E-state index contributed by atoms with van der Waals surface area (Å²) in [7, 11) is 0. The van der Waals surface area contributed by atoms with Crippen molar-refractivity contribution in [1.82, 2.24) is 0 Å². The second kappa shape index (κ2) is 4.80. The van der Waals surface area contributed by atoms with Crippen molar-refractivity contribution in [2.75, 3.05) is 0 Å². The van der Waals surface area contributed by atoms with Crippen LogP contribution in [-0.2, 0) is 0 Å². The van der Waals surface area contributed by atoms with E-state index >= 15 is 0 Å². The minimum atomic E-state index is -4.60. The van der Waals surface area contributed by atoms with Crippen molar-refractivity contribution in [3.05, 3.63) is 23.8 Å². The molecule has 0 aliphatic rings. The highest BCUT2D eigenvalue weighted by Crippen LogP contribution is 2.32. The summed E-state index contributed by atoms with van der Waals surface area (Å²) in [5, 5.41) is 27.8. The Balaban J connectivity index is 2.80. The zero-order valence-electron chi connectivity index (χ0n) is 8.65. The Bertz CT molecular complexity index is 395. The molecule has 0 aliphatic carbocycles. The minimum absolute atomic E-state index is 0.109. The van der Waals surface area contributed by atoms with Gasteiger partial charge in [-0.3, -0.25) is 0 Å². The maximum atomic E-state index is 12.2. The number of rotatable bonds is 3. The van der Waals surface area contributed by atoms with E-state index in [-0.39, 0.29) is 11.3 Å². The van der Waals surface area contributed by atoms with Gasteiger partial charge in [-0.2, -0.15) is 13.2 Å². The van der Waals surface area contributed by atoms with Gasteiger partial charge in [-0.05, 0) is 12.1 Å². The van der Waals surface area contributed by atoms with Crippen LogP contribution in [0.1, 0.15) is 18.1 Å². The molecule has 0 unspecified atom stereocenters. The van der Waals surface area contributed by atoms with E-state index in [2.05, 4.69) is 0 Å². The zero-order chi connectivity index (χ0) is 13.2. The molecule has 17 heavy (non-hydrogen) atoms. The summed E-state index contributed by atoms with van der Waals surface area (Å²) in [5.74, 6) is -0.731. The monoisotopic (exact) mass is 251 g/mol. The Morgan fingerprint density at radius 1 is 1.24 bits per heavy atom. The van der Waals surface area contributed by atoms with Crippen molar-refractivity contribution in [3.63, 3.8) is 0 Å². The van der Waals surface area contributed by atoms with Gasteiger partial charge in [0.25, 0.3) is 0 Å². The topological polar surface area (TPSA) is 86.7 Å². The van der Waals surface area contributed by atoms with Gasteiger partial charge >= 0.3 is 6.18 Å². The van der Waals surface area contributed by atoms with Crippen LogP contribution < -0.4 is 5.73 Å². The van der Waals surface area contributed by atoms with Crippen molar-refractivity contribution in [2.24, 2.45) is 5.73 Å². The van der Waals surface area contributed by atoms with Gasteiger partial charge in [-0.15, -0.1) is 0 Å². The Morgan fingerprint density at radius 3 is 2.29 bits per heavy atom. The predicted octanol–water partition coefficient (Wildman–Crippen LogP) is 1.41. The van der Waals surface area contributed by atoms with Gasteiger partial charge in [-0.25, -0.2) is 0 Å². The quantitative estimate of drug-likeness (QED) is 0.654. The molecule has 1 aromatic carbocycles. The normalized spacial score (nSPS) is 15.6. The molecule has 0 saturated carbocycles. The standard InChI is InChI=1S/C10H12F3NO3/c11-10(12,13)9(14)4-8(17)6-2-1-5(15)3-7(6)16/h1-3,8-9,15-17H,4,14H2/t8-,9+/m1/s1. The summed E-state index contributed by atoms with van der Waals surface area (Å²) in [6, 6.07) is 1.04.